The summed E-state index contributed by atoms with van der Waals surface area (Å²) in [6, 6.07) is 9.92. The molecule has 2 rings (SSSR count). The van der Waals surface area contributed by atoms with Crippen molar-refractivity contribution in [1.82, 2.24) is 10.6 Å². The maximum Gasteiger partial charge on any atom is 0.258 e. The Kier molecular flexibility index (Phi) is 9.55. The van der Waals surface area contributed by atoms with E-state index in [0.717, 1.165) is 8.95 Å². The number of hydrogen-bond acceptors (Lipinski definition) is 4. The monoisotopic (exact) mass is 566 g/mol. The molecular weight excluding hydrogens is 551 g/mol. The first-order valence-electron chi connectivity index (χ1n) is 8.46. The van der Waals surface area contributed by atoms with Crippen molar-refractivity contribution in [3.05, 3.63) is 55.4 Å². The van der Waals surface area contributed by atoms with Gasteiger partial charge in [0.15, 0.2) is 13.2 Å². The molecule has 1 unspecified atom stereocenters. The zero-order valence-corrected chi connectivity index (χ0v) is 20.0. The van der Waals surface area contributed by atoms with E-state index in [2.05, 4.69) is 42.5 Å². The van der Waals surface area contributed by atoms with Gasteiger partial charge < -0.3 is 20.1 Å². The van der Waals surface area contributed by atoms with Gasteiger partial charge in [0.25, 0.3) is 11.8 Å². The zero-order chi connectivity index (χ0) is 21.4. The fraction of sp³-hybridized carbons (Fsp3) is 0.263. The second-order valence-electron chi connectivity index (χ2n) is 6.00. The molecule has 29 heavy (non-hydrogen) atoms. The molecule has 0 aliphatic heterocycles. The highest BCUT2D eigenvalue weighted by Crippen LogP contribution is 2.28. The summed E-state index contributed by atoms with van der Waals surface area (Å²) in [5.41, 5.74) is 0. The fourth-order valence-electron chi connectivity index (χ4n) is 2.16. The Bertz CT molecular complexity index is 883. The number of amides is 2. The van der Waals surface area contributed by atoms with E-state index >= 15 is 0 Å². The minimum atomic E-state index is -0.331. The highest BCUT2D eigenvalue weighted by molar-refractivity contribution is 9.10. The van der Waals surface area contributed by atoms with Crippen LogP contribution in [0.5, 0.6) is 11.5 Å². The second-order valence-corrected chi connectivity index (χ2v) is 8.65. The molecule has 0 spiro atoms. The van der Waals surface area contributed by atoms with Crippen LogP contribution in [0.15, 0.2) is 45.3 Å². The van der Waals surface area contributed by atoms with Crippen LogP contribution in [-0.4, -0.2) is 37.6 Å². The van der Waals surface area contributed by atoms with Crippen molar-refractivity contribution < 1.29 is 19.1 Å². The highest BCUT2D eigenvalue weighted by Gasteiger charge is 2.12. The van der Waals surface area contributed by atoms with E-state index in [1.807, 2.05) is 0 Å². The van der Waals surface area contributed by atoms with Gasteiger partial charge in [-0.2, -0.15) is 0 Å². The Hall–Kier alpha value is -1.48. The zero-order valence-electron chi connectivity index (χ0n) is 15.3. The number of rotatable bonds is 9. The van der Waals surface area contributed by atoms with Gasteiger partial charge in [-0.25, -0.2) is 0 Å². The number of carbonyl (C=O) groups is 2. The quantitative estimate of drug-likeness (QED) is 0.464. The molecule has 6 nitrogen and oxygen atoms in total. The number of nitrogens with one attached hydrogen (secondary N) is 2. The molecule has 0 bridgehead atoms. The number of carbonyl (C=O) groups excluding carboxylic acids is 2. The molecule has 0 aliphatic rings. The Balaban J connectivity index is 1.68. The number of halogens is 4. The van der Waals surface area contributed by atoms with Crippen molar-refractivity contribution in [2.24, 2.45) is 0 Å². The molecule has 0 saturated heterocycles. The number of benzene rings is 2. The van der Waals surface area contributed by atoms with Crippen LogP contribution in [0.4, 0.5) is 0 Å². The molecule has 2 aromatic carbocycles. The van der Waals surface area contributed by atoms with E-state index < -0.39 is 0 Å². The van der Waals surface area contributed by atoms with Gasteiger partial charge in [-0.1, -0.05) is 55.1 Å². The van der Waals surface area contributed by atoms with E-state index in [9.17, 15) is 9.59 Å². The highest BCUT2D eigenvalue weighted by atomic mass is 79.9. The Morgan fingerprint density at radius 3 is 1.90 bits per heavy atom. The summed E-state index contributed by atoms with van der Waals surface area (Å²) in [7, 11) is 0. The van der Waals surface area contributed by atoms with Crippen LogP contribution in [0.25, 0.3) is 0 Å². The van der Waals surface area contributed by atoms with Gasteiger partial charge >= 0.3 is 0 Å². The fourth-order valence-corrected chi connectivity index (χ4v) is 3.61. The van der Waals surface area contributed by atoms with Crippen LogP contribution in [0.1, 0.15) is 6.92 Å². The largest absolute Gasteiger partial charge is 0.482 e. The maximum absolute atomic E-state index is 12.0. The molecule has 156 valence electrons. The molecule has 1 atom stereocenters. The topological polar surface area (TPSA) is 76.7 Å². The van der Waals surface area contributed by atoms with Crippen LogP contribution in [0, 0.1) is 0 Å². The van der Waals surface area contributed by atoms with Crippen molar-refractivity contribution in [2.75, 3.05) is 19.8 Å². The summed E-state index contributed by atoms with van der Waals surface area (Å²) in [4.78, 5) is 23.9. The molecular formula is C19H18Br2Cl2N2O4. The van der Waals surface area contributed by atoms with Gasteiger partial charge in [0.1, 0.15) is 11.5 Å². The third-order valence-electron chi connectivity index (χ3n) is 3.52. The van der Waals surface area contributed by atoms with E-state index in [1.54, 1.807) is 43.3 Å². The van der Waals surface area contributed by atoms with E-state index in [-0.39, 0.29) is 37.6 Å². The number of ether oxygens (including phenoxy) is 2. The van der Waals surface area contributed by atoms with E-state index in [0.29, 0.717) is 21.5 Å². The standard InChI is InChI=1S/C19H18Br2Cl2N2O4/c1-11(25-19(27)10-29-17-5-3-13(21)7-15(17)23)8-24-18(26)9-28-16-4-2-12(20)6-14(16)22/h2-7,11H,8-10H2,1H3,(H,24,26)(H,25,27). The second kappa shape index (κ2) is 11.6. The summed E-state index contributed by atoms with van der Waals surface area (Å²) >= 11 is 18.7. The summed E-state index contributed by atoms with van der Waals surface area (Å²) in [5.74, 6) is 0.163. The summed E-state index contributed by atoms with van der Waals surface area (Å²) in [5, 5.41) is 6.21. The molecule has 2 amide bonds. The predicted molar refractivity (Wildman–Crippen MR) is 120 cm³/mol. The lowest BCUT2D eigenvalue weighted by atomic mass is 10.3. The van der Waals surface area contributed by atoms with Crippen molar-refractivity contribution in [1.29, 1.82) is 0 Å². The molecule has 0 radical (unpaired) electrons. The molecule has 0 heterocycles. The number of hydrogen-bond donors (Lipinski definition) is 2. The molecule has 2 N–H and O–H groups in total. The molecule has 0 aliphatic carbocycles. The van der Waals surface area contributed by atoms with E-state index in [1.165, 1.54) is 0 Å². The van der Waals surface area contributed by atoms with Crippen molar-refractivity contribution in [3.63, 3.8) is 0 Å². The van der Waals surface area contributed by atoms with Crippen molar-refractivity contribution >= 4 is 66.9 Å². The predicted octanol–water partition coefficient (Wildman–Crippen LogP) is 4.60. The lowest BCUT2D eigenvalue weighted by Gasteiger charge is -2.16. The lowest BCUT2D eigenvalue weighted by molar-refractivity contribution is -0.125. The van der Waals surface area contributed by atoms with Crippen LogP contribution < -0.4 is 20.1 Å². The minimum absolute atomic E-state index is 0.187. The van der Waals surface area contributed by atoms with Crippen molar-refractivity contribution in [3.8, 4) is 11.5 Å². The van der Waals surface area contributed by atoms with Crippen LogP contribution in [0.3, 0.4) is 0 Å². The molecule has 2 aromatic rings. The van der Waals surface area contributed by atoms with Gasteiger partial charge in [0.05, 0.1) is 10.0 Å². The first kappa shape index (κ1) is 23.8. The third kappa shape index (κ3) is 8.42. The first-order chi connectivity index (χ1) is 13.7. The normalized spacial score (nSPS) is 11.5. The average molecular weight is 569 g/mol. The molecule has 0 fully saturated rings. The van der Waals surface area contributed by atoms with Crippen LogP contribution in [0.2, 0.25) is 10.0 Å². The van der Waals surface area contributed by atoms with Gasteiger partial charge in [-0.3, -0.25) is 9.59 Å². The summed E-state index contributed by atoms with van der Waals surface area (Å²) in [6.45, 7) is 1.62. The van der Waals surface area contributed by atoms with Gasteiger partial charge in [0.2, 0.25) is 0 Å². The van der Waals surface area contributed by atoms with Gasteiger partial charge in [-0.15, -0.1) is 0 Å². The molecule has 0 aromatic heterocycles. The van der Waals surface area contributed by atoms with Gasteiger partial charge in [0, 0.05) is 21.5 Å². The van der Waals surface area contributed by atoms with Crippen LogP contribution in [-0.2, 0) is 9.59 Å². The Morgan fingerprint density at radius 2 is 1.41 bits per heavy atom. The lowest BCUT2D eigenvalue weighted by Crippen LogP contribution is -2.44. The van der Waals surface area contributed by atoms with Crippen molar-refractivity contribution in [2.45, 2.75) is 13.0 Å². The summed E-state index contributed by atoms with van der Waals surface area (Å²) in [6.07, 6.45) is 0. The third-order valence-corrected chi connectivity index (χ3v) is 5.10. The average Bonchev–Trinajstić information content (AvgIpc) is 2.65. The van der Waals surface area contributed by atoms with Crippen LogP contribution >= 0.6 is 55.1 Å². The molecule has 10 heteroatoms. The SMILES string of the molecule is CC(CNC(=O)COc1ccc(Br)cc1Cl)NC(=O)COc1ccc(Br)cc1Cl. The van der Waals surface area contributed by atoms with E-state index in [4.69, 9.17) is 32.7 Å². The maximum atomic E-state index is 12.0. The summed E-state index contributed by atoms with van der Waals surface area (Å²) < 4.78 is 12.4. The Morgan fingerprint density at radius 1 is 0.931 bits per heavy atom. The smallest absolute Gasteiger partial charge is 0.258 e. The Labute approximate surface area is 195 Å². The minimum Gasteiger partial charge on any atom is -0.482 e. The first-order valence-corrected chi connectivity index (χ1v) is 10.8. The molecule has 0 saturated carbocycles. The van der Waals surface area contributed by atoms with Gasteiger partial charge in [-0.05, 0) is 43.3 Å².